The quantitative estimate of drug-likeness (QED) is 0.503. The molecule has 170 valence electrons. The van der Waals surface area contributed by atoms with E-state index in [1.807, 2.05) is 4.90 Å². The molecule has 32 heavy (non-hydrogen) atoms. The van der Waals surface area contributed by atoms with E-state index in [1.165, 1.54) is 17.0 Å². The Morgan fingerprint density at radius 3 is 2.75 bits per heavy atom. The third-order valence-electron chi connectivity index (χ3n) is 6.47. The Morgan fingerprint density at radius 2 is 2.00 bits per heavy atom. The topological polar surface area (TPSA) is 67.8 Å². The van der Waals surface area contributed by atoms with E-state index in [0.29, 0.717) is 25.1 Å². The molecule has 0 saturated carbocycles. The molecule has 9 heteroatoms. The predicted molar refractivity (Wildman–Crippen MR) is 122 cm³/mol. The number of rotatable bonds is 5. The lowest BCUT2D eigenvalue weighted by atomic mass is 10.1. The number of fused-ring (bicyclic) bond motifs is 1. The van der Waals surface area contributed by atoms with Crippen molar-refractivity contribution in [3.63, 3.8) is 0 Å². The maximum Gasteiger partial charge on any atom is 0.341 e. The molecule has 1 aromatic heterocycles. The second kappa shape index (κ2) is 8.86. The summed E-state index contributed by atoms with van der Waals surface area (Å²) in [4.78, 5) is 27.8. The summed E-state index contributed by atoms with van der Waals surface area (Å²) in [5.41, 5.74) is 1.11. The number of aryl methyl sites for hydroxylation is 1. The second-order valence-corrected chi connectivity index (χ2v) is 10.7. The molecule has 4 heterocycles. The van der Waals surface area contributed by atoms with Gasteiger partial charge in [-0.15, -0.1) is 0 Å². The third kappa shape index (κ3) is 4.03. The van der Waals surface area contributed by atoms with Gasteiger partial charge in [0.2, 0.25) is 10.8 Å². The molecule has 0 amide bonds. The molecule has 7 nitrogen and oxygen atoms in total. The van der Waals surface area contributed by atoms with Crippen LogP contribution in [-0.4, -0.2) is 73.4 Å². The predicted octanol–water partition coefficient (Wildman–Crippen LogP) is 2.44. The zero-order valence-electron chi connectivity index (χ0n) is 18.4. The molecule has 1 atom stereocenters. The SMILES string of the molecule is CN(c1nc(N2CC(OC(=O)c3ccccc3F)C2)nc2c1[S+](C)CC2)C1CCOCC1. The Hall–Kier alpha value is -2.39. The Labute approximate surface area is 190 Å². The van der Waals surface area contributed by atoms with Gasteiger partial charge in [0.05, 0.1) is 18.7 Å². The Morgan fingerprint density at radius 1 is 1.25 bits per heavy atom. The molecular weight excluding hydrogens is 431 g/mol. The minimum atomic E-state index is -0.627. The highest BCUT2D eigenvalue weighted by molar-refractivity contribution is 7.96. The van der Waals surface area contributed by atoms with Crippen molar-refractivity contribution in [2.45, 2.75) is 36.3 Å². The first-order valence-corrected chi connectivity index (χ1v) is 12.9. The molecule has 1 aromatic carbocycles. The fraction of sp³-hybridized carbons (Fsp3) is 0.522. The maximum atomic E-state index is 13.8. The lowest BCUT2D eigenvalue weighted by Gasteiger charge is -2.39. The number of benzene rings is 1. The van der Waals surface area contributed by atoms with Gasteiger partial charge in [0.15, 0.2) is 5.82 Å². The highest BCUT2D eigenvalue weighted by Crippen LogP contribution is 2.36. The second-order valence-electron chi connectivity index (χ2n) is 8.58. The van der Waals surface area contributed by atoms with Crippen LogP contribution >= 0.6 is 0 Å². The summed E-state index contributed by atoms with van der Waals surface area (Å²) in [5.74, 6) is 1.65. The number of ether oxygens (including phenoxy) is 2. The van der Waals surface area contributed by atoms with Crippen molar-refractivity contribution in [2.75, 3.05) is 55.2 Å². The Bertz CT molecular complexity index is 1010. The molecule has 0 spiro atoms. The van der Waals surface area contributed by atoms with Gasteiger partial charge in [0, 0.05) is 43.6 Å². The van der Waals surface area contributed by atoms with Crippen LogP contribution in [0.3, 0.4) is 0 Å². The first-order valence-electron chi connectivity index (χ1n) is 11.1. The third-order valence-corrected chi connectivity index (χ3v) is 8.40. The van der Waals surface area contributed by atoms with Crippen LogP contribution in [0.25, 0.3) is 0 Å². The summed E-state index contributed by atoms with van der Waals surface area (Å²) < 4.78 is 24.9. The summed E-state index contributed by atoms with van der Waals surface area (Å²) in [5, 5.41) is 0. The van der Waals surface area contributed by atoms with Crippen LogP contribution in [0.5, 0.6) is 0 Å². The number of carbonyl (C=O) groups excluding carboxylic acids is 1. The maximum absolute atomic E-state index is 13.8. The van der Waals surface area contributed by atoms with E-state index < -0.39 is 11.8 Å². The van der Waals surface area contributed by atoms with Crippen LogP contribution in [0, 0.1) is 5.82 Å². The highest BCUT2D eigenvalue weighted by Gasteiger charge is 2.40. The molecule has 2 aromatic rings. The molecule has 3 aliphatic heterocycles. The number of hydrogen-bond donors (Lipinski definition) is 0. The standard InChI is InChI=1S/C23H28FN4O3S/c1-27(15-7-10-30-11-8-15)21-20-19(9-12-32(20)2)25-23(26-21)28-13-16(14-28)31-22(29)17-5-3-4-6-18(17)24/h3-6,15-16H,7-14H2,1-2H3/q+1. The fourth-order valence-corrected chi connectivity index (χ4v) is 6.25. The highest BCUT2D eigenvalue weighted by atomic mass is 32.2. The number of esters is 1. The first kappa shape index (κ1) is 21.5. The van der Waals surface area contributed by atoms with Gasteiger partial charge < -0.3 is 19.3 Å². The van der Waals surface area contributed by atoms with Crippen molar-refractivity contribution in [1.82, 2.24) is 9.97 Å². The number of anilines is 2. The Balaban J connectivity index is 1.31. The van der Waals surface area contributed by atoms with E-state index in [1.54, 1.807) is 12.1 Å². The van der Waals surface area contributed by atoms with Gasteiger partial charge in [-0.2, -0.15) is 4.98 Å². The Kier molecular flexibility index (Phi) is 5.94. The minimum absolute atomic E-state index is 0.0323. The average molecular weight is 460 g/mol. The van der Waals surface area contributed by atoms with E-state index in [-0.39, 0.29) is 22.6 Å². The van der Waals surface area contributed by atoms with Crippen LogP contribution in [0.4, 0.5) is 16.2 Å². The van der Waals surface area contributed by atoms with E-state index in [4.69, 9.17) is 19.4 Å². The van der Waals surface area contributed by atoms with Gasteiger partial charge in [-0.05, 0) is 25.0 Å². The van der Waals surface area contributed by atoms with Gasteiger partial charge in [-0.3, -0.25) is 0 Å². The summed E-state index contributed by atoms with van der Waals surface area (Å²) in [6.45, 7) is 2.59. The zero-order chi connectivity index (χ0) is 22.2. The number of hydrogen-bond acceptors (Lipinski definition) is 7. The van der Waals surface area contributed by atoms with Crippen molar-refractivity contribution in [2.24, 2.45) is 0 Å². The molecule has 2 fully saturated rings. The van der Waals surface area contributed by atoms with Crippen LogP contribution in [-0.2, 0) is 26.8 Å². The summed E-state index contributed by atoms with van der Waals surface area (Å²) in [6, 6.07) is 6.30. The van der Waals surface area contributed by atoms with E-state index in [2.05, 4.69) is 18.2 Å². The van der Waals surface area contributed by atoms with Crippen LogP contribution < -0.4 is 9.80 Å². The molecule has 1 unspecified atom stereocenters. The van der Waals surface area contributed by atoms with E-state index in [0.717, 1.165) is 49.7 Å². The van der Waals surface area contributed by atoms with Gasteiger partial charge in [0.25, 0.3) is 0 Å². The van der Waals surface area contributed by atoms with E-state index >= 15 is 0 Å². The molecule has 0 radical (unpaired) electrons. The number of halogens is 1. The van der Waals surface area contributed by atoms with E-state index in [9.17, 15) is 9.18 Å². The molecule has 5 rings (SSSR count). The molecule has 3 aliphatic rings. The van der Waals surface area contributed by atoms with Gasteiger partial charge >= 0.3 is 5.97 Å². The number of carbonyl (C=O) groups is 1. The molecule has 0 aliphatic carbocycles. The number of aromatic nitrogens is 2. The molecule has 0 N–H and O–H groups in total. The van der Waals surface area contributed by atoms with Crippen LogP contribution in [0.2, 0.25) is 0 Å². The van der Waals surface area contributed by atoms with Crippen LogP contribution in [0.15, 0.2) is 29.2 Å². The normalized spacial score (nSPS) is 21.2. The zero-order valence-corrected chi connectivity index (χ0v) is 19.2. The van der Waals surface area contributed by atoms with Crippen molar-refractivity contribution in [1.29, 1.82) is 0 Å². The molecular formula is C23H28FN4O3S+. The molecule has 0 bridgehead atoms. The summed E-state index contributed by atoms with van der Waals surface area (Å²) >= 11 is 0. The van der Waals surface area contributed by atoms with Crippen LogP contribution in [0.1, 0.15) is 28.9 Å². The average Bonchev–Trinajstić information content (AvgIpc) is 3.16. The van der Waals surface area contributed by atoms with Crippen molar-refractivity contribution in [3.05, 3.63) is 41.3 Å². The van der Waals surface area contributed by atoms with Crippen molar-refractivity contribution < 1.29 is 18.7 Å². The summed E-state index contributed by atoms with van der Waals surface area (Å²) in [7, 11) is 2.28. The lowest BCUT2D eigenvalue weighted by Crippen LogP contribution is -2.54. The van der Waals surface area contributed by atoms with Gasteiger partial charge in [-0.25, -0.2) is 14.2 Å². The van der Waals surface area contributed by atoms with Gasteiger partial charge in [-0.1, -0.05) is 12.1 Å². The summed E-state index contributed by atoms with van der Waals surface area (Å²) in [6.07, 6.45) is 4.95. The largest absolute Gasteiger partial charge is 0.455 e. The molecule has 2 saturated heterocycles. The van der Waals surface area contributed by atoms with Gasteiger partial charge in [0.1, 0.15) is 29.6 Å². The lowest BCUT2D eigenvalue weighted by molar-refractivity contribution is 0.0226. The van der Waals surface area contributed by atoms with Crippen molar-refractivity contribution >= 4 is 28.6 Å². The van der Waals surface area contributed by atoms with Crippen molar-refractivity contribution in [3.8, 4) is 0 Å². The fourth-order valence-electron chi connectivity index (χ4n) is 4.49. The smallest absolute Gasteiger partial charge is 0.341 e. The first-order chi connectivity index (χ1) is 15.5. The number of nitrogens with zero attached hydrogens (tertiary/aromatic N) is 4. The minimum Gasteiger partial charge on any atom is -0.455 e. The monoisotopic (exact) mass is 459 g/mol.